The maximum atomic E-state index is 13.8. The Labute approximate surface area is 231 Å². The molecule has 6 nitrogen and oxygen atoms in total. The number of allylic oxidation sites excluding steroid dienone is 1. The standard InChI is InChI=1S/C33H38N2O4/c1-5-23(18-31(36)37)29-11-8-12-30(22(29)4)35-33(38)32(25-9-6-7-10-25)26-15-13-24(14-16-26)27-17-28(20-34-19-27)39-21(2)3/h8,11-17,19-21,23H,5-7,9-10,18H2,1-4H3,(H,35,38)(H,36,37). The summed E-state index contributed by atoms with van der Waals surface area (Å²) in [6.07, 6.45) is 8.38. The third-order valence-electron chi connectivity index (χ3n) is 7.36. The van der Waals surface area contributed by atoms with Crippen LogP contribution in [0.15, 0.2) is 66.5 Å². The first-order valence-corrected chi connectivity index (χ1v) is 13.8. The van der Waals surface area contributed by atoms with Gasteiger partial charge in [-0.25, -0.2) is 0 Å². The fourth-order valence-electron chi connectivity index (χ4n) is 5.39. The van der Waals surface area contributed by atoms with Crippen molar-refractivity contribution in [1.29, 1.82) is 0 Å². The number of hydrogen-bond acceptors (Lipinski definition) is 4. The second kappa shape index (κ2) is 12.7. The van der Waals surface area contributed by atoms with E-state index < -0.39 is 5.97 Å². The Balaban J connectivity index is 1.62. The number of hydrogen-bond donors (Lipinski definition) is 2. The van der Waals surface area contributed by atoms with E-state index >= 15 is 0 Å². The van der Waals surface area contributed by atoms with Gasteiger partial charge < -0.3 is 15.2 Å². The van der Waals surface area contributed by atoms with Crippen molar-refractivity contribution in [2.75, 3.05) is 5.32 Å². The Kier molecular flexibility index (Phi) is 9.18. The number of carbonyl (C=O) groups excluding carboxylic acids is 1. The second-order valence-electron chi connectivity index (χ2n) is 10.5. The van der Waals surface area contributed by atoms with Gasteiger partial charge in [-0.3, -0.25) is 14.6 Å². The predicted octanol–water partition coefficient (Wildman–Crippen LogP) is 7.78. The zero-order valence-electron chi connectivity index (χ0n) is 23.3. The van der Waals surface area contributed by atoms with Gasteiger partial charge in [0.15, 0.2) is 0 Å². The maximum Gasteiger partial charge on any atom is 0.303 e. The van der Waals surface area contributed by atoms with Gasteiger partial charge in [0.05, 0.1) is 18.7 Å². The molecule has 2 N–H and O–H groups in total. The minimum Gasteiger partial charge on any atom is -0.489 e. The largest absolute Gasteiger partial charge is 0.489 e. The molecule has 2 aromatic carbocycles. The van der Waals surface area contributed by atoms with Crippen LogP contribution in [0.3, 0.4) is 0 Å². The van der Waals surface area contributed by atoms with Crippen molar-refractivity contribution in [2.45, 2.75) is 78.2 Å². The zero-order chi connectivity index (χ0) is 27.9. The smallest absolute Gasteiger partial charge is 0.303 e. The number of amides is 1. The van der Waals surface area contributed by atoms with Crippen LogP contribution in [-0.2, 0) is 9.59 Å². The number of nitrogens with one attached hydrogen (secondary N) is 1. The van der Waals surface area contributed by atoms with Crippen LogP contribution in [-0.4, -0.2) is 28.1 Å². The second-order valence-corrected chi connectivity index (χ2v) is 10.5. The van der Waals surface area contributed by atoms with Gasteiger partial charge in [0, 0.05) is 23.0 Å². The van der Waals surface area contributed by atoms with Crippen molar-refractivity contribution in [3.05, 3.63) is 83.2 Å². The molecule has 1 saturated carbocycles. The molecule has 0 spiro atoms. The Morgan fingerprint density at radius 3 is 2.38 bits per heavy atom. The van der Waals surface area contributed by atoms with E-state index in [0.717, 1.165) is 70.5 Å². The van der Waals surface area contributed by atoms with E-state index in [1.54, 1.807) is 6.20 Å². The van der Waals surface area contributed by atoms with Gasteiger partial charge in [0.1, 0.15) is 5.75 Å². The summed E-state index contributed by atoms with van der Waals surface area (Å²) >= 11 is 0. The average Bonchev–Trinajstić information content (AvgIpc) is 3.43. The van der Waals surface area contributed by atoms with Gasteiger partial charge in [-0.15, -0.1) is 0 Å². The molecule has 1 atom stereocenters. The molecule has 3 aromatic rings. The van der Waals surface area contributed by atoms with Crippen LogP contribution in [0.1, 0.15) is 81.9 Å². The van der Waals surface area contributed by atoms with E-state index in [2.05, 4.69) is 10.3 Å². The number of aliphatic carboxylic acids is 1. The summed E-state index contributed by atoms with van der Waals surface area (Å²) in [5, 5.41) is 12.5. The van der Waals surface area contributed by atoms with Crippen LogP contribution in [0, 0.1) is 6.92 Å². The summed E-state index contributed by atoms with van der Waals surface area (Å²) in [4.78, 5) is 29.5. The lowest BCUT2D eigenvalue weighted by Crippen LogP contribution is -2.17. The number of anilines is 1. The van der Waals surface area contributed by atoms with Crippen LogP contribution in [0.5, 0.6) is 5.75 Å². The SMILES string of the molecule is CCC(CC(=O)O)c1cccc(NC(=O)C(=C2CCCC2)c2ccc(-c3cncc(OC(C)C)c3)cc2)c1C. The highest BCUT2D eigenvalue weighted by atomic mass is 16.5. The lowest BCUT2D eigenvalue weighted by atomic mass is 9.89. The Morgan fingerprint density at radius 2 is 1.74 bits per heavy atom. The zero-order valence-corrected chi connectivity index (χ0v) is 23.3. The number of benzene rings is 2. The summed E-state index contributed by atoms with van der Waals surface area (Å²) in [5.74, 6) is -0.313. The highest BCUT2D eigenvalue weighted by Crippen LogP contribution is 2.35. The van der Waals surface area contributed by atoms with Crippen molar-refractivity contribution in [3.8, 4) is 16.9 Å². The molecule has 1 unspecified atom stereocenters. The molecule has 1 amide bonds. The molecule has 0 bridgehead atoms. The lowest BCUT2D eigenvalue weighted by Gasteiger charge is -2.20. The number of aromatic nitrogens is 1. The van der Waals surface area contributed by atoms with Crippen molar-refractivity contribution < 1.29 is 19.4 Å². The predicted molar refractivity (Wildman–Crippen MR) is 156 cm³/mol. The monoisotopic (exact) mass is 526 g/mol. The van der Waals surface area contributed by atoms with Gasteiger partial charge in [-0.1, -0.05) is 48.9 Å². The number of carboxylic acid groups (broad SMARTS) is 1. The first-order chi connectivity index (χ1) is 18.8. The minimum absolute atomic E-state index is 0.0675. The van der Waals surface area contributed by atoms with Gasteiger partial charge in [0.2, 0.25) is 0 Å². The maximum absolute atomic E-state index is 13.8. The van der Waals surface area contributed by atoms with E-state index in [9.17, 15) is 14.7 Å². The van der Waals surface area contributed by atoms with Crippen molar-refractivity contribution in [3.63, 3.8) is 0 Å². The summed E-state index contributed by atoms with van der Waals surface area (Å²) in [6.45, 7) is 7.92. The lowest BCUT2D eigenvalue weighted by molar-refractivity contribution is -0.137. The van der Waals surface area contributed by atoms with Crippen molar-refractivity contribution >= 4 is 23.1 Å². The molecule has 39 heavy (non-hydrogen) atoms. The van der Waals surface area contributed by atoms with Crippen LogP contribution in [0.25, 0.3) is 16.7 Å². The van der Waals surface area contributed by atoms with E-state index in [4.69, 9.17) is 4.74 Å². The molecule has 1 fully saturated rings. The number of carboxylic acids is 1. The molecule has 0 radical (unpaired) electrons. The highest BCUT2D eigenvalue weighted by molar-refractivity contribution is 6.26. The molecule has 0 aliphatic heterocycles. The fourth-order valence-corrected chi connectivity index (χ4v) is 5.39. The van der Waals surface area contributed by atoms with Gasteiger partial charge >= 0.3 is 5.97 Å². The third-order valence-corrected chi connectivity index (χ3v) is 7.36. The van der Waals surface area contributed by atoms with Crippen LogP contribution in [0.4, 0.5) is 5.69 Å². The summed E-state index contributed by atoms with van der Waals surface area (Å²) in [6, 6.07) is 15.8. The number of nitrogens with zero attached hydrogens (tertiary/aromatic N) is 1. The molecular formula is C33H38N2O4. The van der Waals surface area contributed by atoms with E-state index in [1.165, 1.54) is 5.57 Å². The number of carbonyl (C=O) groups is 2. The van der Waals surface area contributed by atoms with Crippen molar-refractivity contribution in [2.24, 2.45) is 0 Å². The molecule has 4 rings (SSSR count). The van der Waals surface area contributed by atoms with Gasteiger partial charge in [-0.2, -0.15) is 0 Å². The minimum atomic E-state index is -0.817. The molecule has 1 aliphatic carbocycles. The first kappa shape index (κ1) is 28.1. The average molecular weight is 527 g/mol. The first-order valence-electron chi connectivity index (χ1n) is 13.8. The summed E-state index contributed by atoms with van der Waals surface area (Å²) < 4.78 is 5.80. The van der Waals surface area contributed by atoms with E-state index in [0.29, 0.717) is 6.42 Å². The molecule has 1 heterocycles. The molecule has 6 heteroatoms. The topological polar surface area (TPSA) is 88.5 Å². The summed E-state index contributed by atoms with van der Waals surface area (Å²) in [7, 11) is 0. The van der Waals surface area contributed by atoms with E-state index in [1.807, 2.05) is 82.4 Å². The number of rotatable bonds is 10. The fraction of sp³-hybridized carbons (Fsp3) is 0.364. The Morgan fingerprint density at radius 1 is 1.03 bits per heavy atom. The molecule has 0 saturated heterocycles. The van der Waals surface area contributed by atoms with E-state index in [-0.39, 0.29) is 24.3 Å². The highest BCUT2D eigenvalue weighted by Gasteiger charge is 2.23. The molecule has 1 aliphatic rings. The van der Waals surface area contributed by atoms with Crippen LogP contribution in [0.2, 0.25) is 0 Å². The molecule has 1 aromatic heterocycles. The summed E-state index contributed by atoms with van der Waals surface area (Å²) in [5.41, 5.74) is 7.37. The molecular weight excluding hydrogens is 488 g/mol. The third kappa shape index (κ3) is 6.94. The van der Waals surface area contributed by atoms with Crippen molar-refractivity contribution in [1.82, 2.24) is 4.98 Å². The van der Waals surface area contributed by atoms with Crippen LogP contribution >= 0.6 is 0 Å². The number of ether oxygens (including phenoxy) is 1. The Hall–Kier alpha value is -3.93. The van der Waals surface area contributed by atoms with Gasteiger partial charge in [-0.05, 0) is 93.2 Å². The quantitative estimate of drug-likeness (QED) is 0.263. The van der Waals surface area contributed by atoms with Crippen LogP contribution < -0.4 is 10.1 Å². The normalized spacial score (nSPS) is 13.8. The number of pyridine rings is 1. The molecule has 204 valence electrons. The van der Waals surface area contributed by atoms with Gasteiger partial charge in [0.25, 0.3) is 5.91 Å². The Bertz CT molecular complexity index is 1350.